The Morgan fingerprint density at radius 1 is 0.971 bits per heavy atom. The zero-order valence-corrected chi connectivity index (χ0v) is 20.1. The van der Waals surface area contributed by atoms with Crippen molar-refractivity contribution < 1.29 is 35.1 Å². The molecule has 186 valence electrons. The fourth-order valence-corrected chi connectivity index (χ4v) is 5.51. The summed E-state index contributed by atoms with van der Waals surface area (Å²) in [6, 6.07) is 15.9. The second kappa shape index (κ2) is 10.5. The van der Waals surface area contributed by atoms with Crippen LogP contribution in [-0.2, 0) is 20.0 Å². The summed E-state index contributed by atoms with van der Waals surface area (Å²) in [6.07, 6.45) is -3.13. The highest BCUT2D eigenvalue weighted by atomic mass is 32.2. The summed E-state index contributed by atoms with van der Waals surface area (Å²) in [4.78, 5) is 11.4. The van der Waals surface area contributed by atoms with E-state index in [2.05, 4.69) is 0 Å². The normalized spacial score (nSPS) is 11.9. The molecule has 0 aliphatic carbocycles. The zero-order chi connectivity index (χ0) is 25.8. The maximum atomic E-state index is 12.8. The van der Waals surface area contributed by atoms with Gasteiger partial charge in [-0.1, -0.05) is 42.0 Å². The molecule has 0 saturated heterocycles. The number of aryl methyl sites for hydroxylation is 1. The molecule has 3 N–H and O–H groups in total. The number of amides is 1. The second-order valence-electron chi connectivity index (χ2n) is 7.53. The van der Waals surface area contributed by atoms with E-state index in [1.165, 1.54) is 30.3 Å². The van der Waals surface area contributed by atoms with Crippen LogP contribution in [0.4, 0.5) is 8.78 Å². The Bertz CT molecular complexity index is 1440. The van der Waals surface area contributed by atoms with Gasteiger partial charge in [-0.05, 0) is 42.8 Å². The fourth-order valence-electron chi connectivity index (χ4n) is 3.16. The van der Waals surface area contributed by atoms with Crippen LogP contribution < -0.4 is 14.6 Å². The first-order valence-corrected chi connectivity index (χ1v) is 13.2. The van der Waals surface area contributed by atoms with Crippen molar-refractivity contribution in [1.82, 2.24) is 4.72 Å². The number of hydrogen-bond acceptors (Lipinski definition) is 6. The average molecular weight is 525 g/mol. The topological polar surface area (TPSA) is 133 Å². The SMILES string of the molecule is Cc1ccc(-c2ccc(C(=O)NS(=O)(=O)c3ccccc3S(N)(=O)=O)cc2OCCC(F)F)cc1. The summed E-state index contributed by atoms with van der Waals surface area (Å²) >= 11 is 0. The van der Waals surface area contributed by atoms with E-state index in [1.807, 2.05) is 23.8 Å². The van der Waals surface area contributed by atoms with Gasteiger partial charge in [-0.3, -0.25) is 4.79 Å². The number of carbonyl (C=O) groups is 1. The van der Waals surface area contributed by atoms with E-state index in [-0.39, 0.29) is 17.9 Å². The van der Waals surface area contributed by atoms with Crippen molar-refractivity contribution in [2.75, 3.05) is 6.61 Å². The van der Waals surface area contributed by atoms with Gasteiger partial charge in [0.15, 0.2) is 0 Å². The summed E-state index contributed by atoms with van der Waals surface area (Å²) in [5.41, 5.74) is 2.06. The summed E-state index contributed by atoms with van der Waals surface area (Å²) < 4.78 is 81.6. The molecule has 0 atom stereocenters. The lowest BCUT2D eigenvalue weighted by Gasteiger charge is -2.14. The quantitative estimate of drug-likeness (QED) is 0.441. The zero-order valence-electron chi connectivity index (χ0n) is 18.4. The van der Waals surface area contributed by atoms with Gasteiger partial charge < -0.3 is 4.74 Å². The van der Waals surface area contributed by atoms with Crippen LogP contribution in [0.5, 0.6) is 5.75 Å². The predicted octanol–water partition coefficient (Wildman–Crippen LogP) is 3.46. The van der Waals surface area contributed by atoms with Gasteiger partial charge in [0.25, 0.3) is 15.9 Å². The monoisotopic (exact) mass is 524 g/mol. The van der Waals surface area contributed by atoms with Crippen molar-refractivity contribution in [2.45, 2.75) is 29.6 Å². The third kappa shape index (κ3) is 6.62. The minimum atomic E-state index is -4.63. The first-order chi connectivity index (χ1) is 16.4. The molecule has 12 heteroatoms. The third-order valence-electron chi connectivity index (χ3n) is 4.87. The van der Waals surface area contributed by atoms with Gasteiger partial charge in [-0.25, -0.2) is 35.5 Å². The number of ether oxygens (including phenoxy) is 1. The lowest BCUT2D eigenvalue weighted by atomic mass is 10.0. The first kappa shape index (κ1) is 26.3. The number of carbonyl (C=O) groups excluding carboxylic acids is 1. The molecule has 0 aromatic heterocycles. The molecule has 0 saturated carbocycles. The standard InChI is InChI=1S/C23H22F2N2O6S2/c1-15-6-8-16(9-7-15)18-11-10-17(14-19(18)33-13-12-22(24)25)23(28)27-35(31,32)21-5-3-2-4-20(21)34(26,29)30/h2-11,14,22H,12-13H2,1H3,(H,27,28)(H2,26,29,30). The maximum Gasteiger partial charge on any atom is 0.265 e. The predicted molar refractivity (Wildman–Crippen MR) is 125 cm³/mol. The van der Waals surface area contributed by atoms with Gasteiger partial charge >= 0.3 is 0 Å². The number of primary sulfonamides is 1. The van der Waals surface area contributed by atoms with E-state index in [1.54, 1.807) is 12.1 Å². The van der Waals surface area contributed by atoms with Crippen LogP contribution >= 0.6 is 0 Å². The Morgan fingerprint density at radius 2 is 1.60 bits per heavy atom. The Hall–Kier alpha value is -3.35. The highest BCUT2D eigenvalue weighted by molar-refractivity contribution is 7.92. The summed E-state index contributed by atoms with van der Waals surface area (Å²) in [5.74, 6) is -0.979. The minimum Gasteiger partial charge on any atom is -0.493 e. The molecule has 35 heavy (non-hydrogen) atoms. The van der Waals surface area contributed by atoms with Gasteiger partial charge in [0.1, 0.15) is 15.5 Å². The third-order valence-corrected chi connectivity index (χ3v) is 7.36. The van der Waals surface area contributed by atoms with Crippen molar-refractivity contribution in [3.05, 3.63) is 77.9 Å². The van der Waals surface area contributed by atoms with Crippen LogP contribution in [0, 0.1) is 6.92 Å². The number of alkyl halides is 2. The number of nitrogens with two attached hydrogens (primary N) is 1. The smallest absolute Gasteiger partial charge is 0.265 e. The van der Waals surface area contributed by atoms with Crippen LogP contribution in [-0.4, -0.2) is 35.8 Å². The molecular weight excluding hydrogens is 502 g/mol. The molecule has 3 aromatic rings. The first-order valence-electron chi connectivity index (χ1n) is 10.2. The summed E-state index contributed by atoms with van der Waals surface area (Å²) in [6.45, 7) is 1.56. The molecule has 3 aromatic carbocycles. The Balaban J connectivity index is 1.95. The van der Waals surface area contributed by atoms with E-state index in [0.717, 1.165) is 17.7 Å². The van der Waals surface area contributed by atoms with Crippen molar-refractivity contribution in [1.29, 1.82) is 0 Å². The molecular formula is C23H22F2N2O6S2. The van der Waals surface area contributed by atoms with E-state index in [0.29, 0.717) is 11.1 Å². The van der Waals surface area contributed by atoms with Gasteiger partial charge in [0, 0.05) is 17.5 Å². The number of halogens is 2. The molecule has 3 rings (SSSR count). The molecule has 8 nitrogen and oxygen atoms in total. The largest absolute Gasteiger partial charge is 0.493 e. The van der Waals surface area contributed by atoms with E-state index in [9.17, 15) is 30.4 Å². The van der Waals surface area contributed by atoms with Crippen molar-refractivity contribution in [3.63, 3.8) is 0 Å². The van der Waals surface area contributed by atoms with E-state index < -0.39 is 48.6 Å². The Morgan fingerprint density at radius 3 is 2.20 bits per heavy atom. The molecule has 0 unspecified atom stereocenters. The fraction of sp³-hybridized carbons (Fsp3) is 0.174. The second-order valence-corrected chi connectivity index (χ2v) is 10.7. The van der Waals surface area contributed by atoms with Crippen molar-refractivity contribution >= 4 is 26.0 Å². The van der Waals surface area contributed by atoms with Gasteiger partial charge in [-0.2, -0.15) is 0 Å². The molecule has 0 radical (unpaired) electrons. The highest BCUT2D eigenvalue weighted by Gasteiger charge is 2.26. The van der Waals surface area contributed by atoms with Crippen LogP contribution in [0.25, 0.3) is 11.1 Å². The van der Waals surface area contributed by atoms with Crippen LogP contribution in [0.2, 0.25) is 0 Å². The number of benzene rings is 3. The molecule has 0 fully saturated rings. The minimum absolute atomic E-state index is 0.101. The summed E-state index contributed by atoms with van der Waals surface area (Å²) in [7, 11) is -9.02. The lowest BCUT2D eigenvalue weighted by Crippen LogP contribution is -2.32. The Labute approximate surface area is 201 Å². The number of rotatable bonds is 9. The Kier molecular flexibility index (Phi) is 7.88. The maximum absolute atomic E-state index is 12.8. The average Bonchev–Trinajstić information content (AvgIpc) is 2.78. The lowest BCUT2D eigenvalue weighted by molar-refractivity contribution is 0.0979. The van der Waals surface area contributed by atoms with Crippen LogP contribution in [0.1, 0.15) is 22.3 Å². The van der Waals surface area contributed by atoms with Gasteiger partial charge in [0.05, 0.1) is 6.61 Å². The van der Waals surface area contributed by atoms with E-state index in [4.69, 9.17) is 9.88 Å². The highest BCUT2D eigenvalue weighted by Crippen LogP contribution is 2.32. The number of sulfonamides is 2. The van der Waals surface area contributed by atoms with Crippen LogP contribution in [0.3, 0.4) is 0 Å². The molecule has 0 spiro atoms. The molecule has 0 heterocycles. The number of hydrogen-bond donors (Lipinski definition) is 2. The van der Waals surface area contributed by atoms with Gasteiger partial charge in [-0.15, -0.1) is 0 Å². The van der Waals surface area contributed by atoms with E-state index >= 15 is 0 Å². The van der Waals surface area contributed by atoms with Crippen molar-refractivity contribution in [3.8, 4) is 16.9 Å². The van der Waals surface area contributed by atoms with Crippen molar-refractivity contribution in [2.24, 2.45) is 5.14 Å². The number of nitrogens with one attached hydrogen (secondary N) is 1. The molecule has 1 amide bonds. The van der Waals surface area contributed by atoms with Crippen LogP contribution in [0.15, 0.2) is 76.5 Å². The summed E-state index contributed by atoms with van der Waals surface area (Å²) in [5, 5.41) is 5.09. The molecule has 0 bridgehead atoms. The van der Waals surface area contributed by atoms with Gasteiger partial charge in [0.2, 0.25) is 16.4 Å². The molecule has 0 aliphatic heterocycles. The molecule has 0 aliphatic rings.